The lowest BCUT2D eigenvalue weighted by atomic mass is 10.1. The molecule has 4 heteroatoms. The van der Waals surface area contributed by atoms with Crippen molar-refractivity contribution in [2.24, 2.45) is 0 Å². The van der Waals surface area contributed by atoms with Gasteiger partial charge in [0, 0.05) is 41.4 Å². The van der Waals surface area contributed by atoms with Gasteiger partial charge in [0.1, 0.15) is 0 Å². The van der Waals surface area contributed by atoms with Gasteiger partial charge >= 0.3 is 0 Å². The molecule has 1 aliphatic heterocycles. The van der Waals surface area contributed by atoms with Gasteiger partial charge < -0.3 is 10.2 Å². The number of anilines is 1. The van der Waals surface area contributed by atoms with Crippen LogP contribution in [0.15, 0.2) is 30.5 Å². The van der Waals surface area contributed by atoms with Gasteiger partial charge in [-0.15, -0.1) is 0 Å². The Labute approximate surface area is 118 Å². The molecule has 1 N–H and O–H groups in total. The predicted octanol–water partition coefficient (Wildman–Crippen LogP) is 3.08. The van der Waals surface area contributed by atoms with Crippen molar-refractivity contribution in [1.29, 1.82) is 0 Å². The fraction of sp³-hybridized carbons (Fsp3) is 0.400. The van der Waals surface area contributed by atoms with Crippen LogP contribution < -0.4 is 10.2 Å². The first kappa shape index (κ1) is 12.7. The third kappa shape index (κ3) is 2.40. The zero-order valence-electron chi connectivity index (χ0n) is 11.1. The van der Waals surface area contributed by atoms with Crippen LogP contribution in [0.2, 0.25) is 5.02 Å². The Morgan fingerprint density at radius 2 is 2.32 bits per heavy atom. The maximum atomic E-state index is 6.05. The summed E-state index contributed by atoms with van der Waals surface area (Å²) < 4.78 is 0. The van der Waals surface area contributed by atoms with Crippen molar-refractivity contribution >= 4 is 28.2 Å². The number of nitrogens with zero attached hydrogens (tertiary/aromatic N) is 2. The molecular weight excluding hydrogens is 258 g/mol. The van der Waals surface area contributed by atoms with E-state index in [2.05, 4.69) is 27.3 Å². The van der Waals surface area contributed by atoms with E-state index in [1.807, 2.05) is 25.4 Å². The number of hydrogen-bond donors (Lipinski definition) is 1. The van der Waals surface area contributed by atoms with Crippen LogP contribution in [-0.2, 0) is 0 Å². The Morgan fingerprint density at radius 1 is 1.42 bits per heavy atom. The average molecular weight is 276 g/mol. The summed E-state index contributed by atoms with van der Waals surface area (Å²) in [5, 5.41) is 5.22. The van der Waals surface area contributed by atoms with Gasteiger partial charge in [-0.2, -0.15) is 0 Å². The van der Waals surface area contributed by atoms with Crippen molar-refractivity contribution in [3.8, 4) is 0 Å². The van der Waals surface area contributed by atoms with Gasteiger partial charge in [-0.25, -0.2) is 0 Å². The van der Waals surface area contributed by atoms with Crippen LogP contribution in [0, 0.1) is 0 Å². The molecule has 2 heterocycles. The number of benzene rings is 1. The summed E-state index contributed by atoms with van der Waals surface area (Å²) in [7, 11) is 2.01. The second kappa shape index (κ2) is 5.35. The number of likely N-dealkylation sites (N-methyl/N-ethyl adjacent to an activating group) is 1. The molecule has 1 aliphatic rings. The smallest absolute Gasteiger partial charge is 0.0737 e. The maximum Gasteiger partial charge on any atom is 0.0737 e. The molecule has 1 saturated heterocycles. The highest BCUT2D eigenvalue weighted by Crippen LogP contribution is 2.32. The molecule has 1 aromatic heterocycles. The minimum absolute atomic E-state index is 0.575. The molecule has 1 atom stereocenters. The highest BCUT2D eigenvalue weighted by atomic mass is 35.5. The molecule has 0 spiro atoms. The van der Waals surface area contributed by atoms with Crippen LogP contribution in [0.5, 0.6) is 0 Å². The van der Waals surface area contributed by atoms with Gasteiger partial charge in [-0.1, -0.05) is 11.6 Å². The summed E-state index contributed by atoms with van der Waals surface area (Å²) in [4.78, 5) is 6.91. The first-order chi connectivity index (χ1) is 9.29. The van der Waals surface area contributed by atoms with E-state index in [9.17, 15) is 0 Å². The molecule has 19 heavy (non-hydrogen) atoms. The van der Waals surface area contributed by atoms with Gasteiger partial charge in [0.15, 0.2) is 0 Å². The average Bonchev–Trinajstić information content (AvgIpc) is 2.86. The lowest BCUT2D eigenvalue weighted by Crippen LogP contribution is -2.36. The van der Waals surface area contributed by atoms with Crippen molar-refractivity contribution in [1.82, 2.24) is 10.3 Å². The van der Waals surface area contributed by atoms with Crippen molar-refractivity contribution in [3.05, 3.63) is 35.5 Å². The van der Waals surface area contributed by atoms with Crippen molar-refractivity contribution in [2.45, 2.75) is 18.9 Å². The van der Waals surface area contributed by atoms with E-state index in [1.54, 1.807) is 0 Å². The largest absolute Gasteiger partial charge is 0.367 e. The summed E-state index contributed by atoms with van der Waals surface area (Å²) in [5.41, 5.74) is 2.25. The fourth-order valence-electron chi connectivity index (χ4n) is 2.96. The number of pyridine rings is 1. The topological polar surface area (TPSA) is 28.2 Å². The number of fused-ring (bicyclic) bond motifs is 1. The van der Waals surface area contributed by atoms with Gasteiger partial charge in [-0.3, -0.25) is 4.98 Å². The molecule has 2 aromatic rings. The Kier molecular flexibility index (Phi) is 3.58. The molecule has 1 unspecified atom stereocenters. The highest BCUT2D eigenvalue weighted by Gasteiger charge is 2.25. The van der Waals surface area contributed by atoms with E-state index in [0.29, 0.717) is 6.04 Å². The van der Waals surface area contributed by atoms with Crippen LogP contribution in [0.4, 0.5) is 5.69 Å². The molecule has 1 fully saturated rings. The van der Waals surface area contributed by atoms with Crippen LogP contribution in [0.25, 0.3) is 10.9 Å². The van der Waals surface area contributed by atoms with Crippen LogP contribution in [-0.4, -0.2) is 31.2 Å². The minimum Gasteiger partial charge on any atom is -0.367 e. The van der Waals surface area contributed by atoms with Crippen molar-refractivity contribution < 1.29 is 0 Å². The third-order valence-electron chi connectivity index (χ3n) is 3.81. The van der Waals surface area contributed by atoms with Gasteiger partial charge in [0.05, 0.1) is 5.52 Å². The summed E-state index contributed by atoms with van der Waals surface area (Å²) in [6.45, 7) is 2.14. The van der Waals surface area contributed by atoms with Crippen LogP contribution >= 0.6 is 11.6 Å². The predicted molar refractivity (Wildman–Crippen MR) is 81.0 cm³/mol. The molecule has 0 saturated carbocycles. The summed E-state index contributed by atoms with van der Waals surface area (Å²) in [6.07, 6.45) is 4.38. The first-order valence-corrected chi connectivity index (χ1v) is 7.13. The highest BCUT2D eigenvalue weighted by molar-refractivity contribution is 6.31. The Morgan fingerprint density at radius 3 is 3.16 bits per heavy atom. The molecule has 0 bridgehead atoms. The Balaban J connectivity index is 2.04. The van der Waals surface area contributed by atoms with Crippen LogP contribution in [0.3, 0.4) is 0 Å². The minimum atomic E-state index is 0.575. The number of aromatic nitrogens is 1. The second-order valence-corrected chi connectivity index (χ2v) is 5.48. The van der Waals surface area contributed by atoms with Gasteiger partial charge in [0.25, 0.3) is 0 Å². The molecule has 0 amide bonds. The van der Waals surface area contributed by atoms with Gasteiger partial charge in [-0.05, 0) is 44.2 Å². The maximum absolute atomic E-state index is 6.05. The molecular formula is C15H18ClN3. The molecule has 0 aliphatic carbocycles. The second-order valence-electron chi connectivity index (χ2n) is 5.04. The number of halogens is 1. The molecule has 3 nitrogen and oxygen atoms in total. The lowest BCUT2D eigenvalue weighted by Gasteiger charge is -2.27. The first-order valence-electron chi connectivity index (χ1n) is 6.75. The van der Waals surface area contributed by atoms with Gasteiger partial charge in [0.2, 0.25) is 0 Å². The summed E-state index contributed by atoms with van der Waals surface area (Å²) in [5.74, 6) is 0. The third-order valence-corrected chi connectivity index (χ3v) is 4.04. The summed E-state index contributed by atoms with van der Waals surface area (Å²) >= 11 is 6.05. The van der Waals surface area contributed by atoms with E-state index in [0.717, 1.165) is 23.6 Å². The monoisotopic (exact) mass is 275 g/mol. The standard InChI is InChI=1S/C15H18ClN3/c1-17-10-12-3-2-8-19(12)15-6-7-18-14-9-11(16)4-5-13(14)15/h4-7,9,12,17H,2-3,8,10H2,1H3. The van der Waals surface area contributed by atoms with E-state index in [-0.39, 0.29) is 0 Å². The fourth-order valence-corrected chi connectivity index (χ4v) is 3.12. The van der Waals surface area contributed by atoms with Crippen molar-refractivity contribution in [3.63, 3.8) is 0 Å². The quantitative estimate of drug-likeness (QED) is 0.933. The summed E-state index contributed by atoms with van der Waals surface area (Å²) in [6, 6.07) is 8.65. The zero-order chi connectivity index (χ0) is 13.2. The molecule has 0 radical (unpaired) electrons. The number of rotatable bonds is 3. The lowest BCUT2D eigenvalue weighted by molar-refractivity contribution is 0.616. The number of nitrogens with one attached hydrogen (secondary N) is 1. The Bertz CT molecular complexity index is 585. The normalized spacial score (nSPS) is 19.3. The Hall–Kier alpha value is -1.32. The zero-order valence-corrected chi connectivity index (χ0v) is 11.8. The van der Waals surface area contributed by atoms with E-state index >= 15 is 0 Å². The van der Waals surface area contributed by atoms with E-state index < -0.39 is 0 Å². The van der Waals surface area contributed by atoms with E-state index in [4.69, 9.17) is 11.6 Å². The molecule has 100 valence electrons. The van der Waals surface area contributed by atoms with Crippen molar-refractivity contribution in [2.75, 3.05) is 25.0 Å². The van der Waals surface area contributed by atoms with Crippen LogP contribution in [0.1, 0.15) is 12.8 Å². The van der Waals surface area contributed by atoms with E-state index in [1.165, 1.54) is 23.9 Å². The molecule has 1 aromatic carbocycles. The number of hydrogen-bond acceptors (Lipinski definition) is 3. The molecule has 3 rings (SSSR count). The SMILES string of the molecule is CNCC1CCCN1c1ccnc2cc(Cl)ccc12.